The van der Waals surface area contributed by atoms with Crippen LogP contribution in [0.1, 0.15) is 201 Å². The van der Waals surface area contributed by atoms with Crippen LogP contribution in [-0.2, 0) is 42.2 Å². The van der Waals surface area contributed by atoms with Crippen LogP contribution in [0.15, 0.2) is 97.2 Å². The highest BCUT2D eigenvalue weighted by atomic mass is 31.2. The van der Waals surface area contributed by atoms with Crippen LogP contribution in [0.2, 0.25) is 0 Å². The van der Waals surface area contributed by atoms with E-state index in [9.17, 15) is 28.9 Å². The van der Waals surface area contributed by atoms with Gasteiger partial charge < -0.3 is 24.2 Å². The molecule has 0 rings (SSSR count). The molecule has 11 nitrogen and oxygen atoms in total. The lowest BCUT2D eigenvalue weighted by Crippen LogP contribution is -2.30. The van der Waals surface area contributed by atoms with Crippen molar-refractivity contribution in [2.75, 3.05) is 26.4 Å². The SMILES string of the molecule is CC/C=C\C/C=C\C/C=C\C/C=C\C/C=C\CC(=O)OC(COC(=O)CCCCCCC/C=C\C/C=C\CCC)COP(=O)(O)OCC(CO)OC(=O)CCCCCCC/C=C\CCCCCC. The number of hydrogen-bond acceptors (Lipinski definition) is 10. The van der Waals surface area contributed by atoms with Gasteiger partial charge in [0.15, 0.2) is 6.10 Å². The second-order valence-corrected chi connectivity index (χ2v) is 18.4. The monoisotopic (exact) mass is 973 g/mol. The lowest BCUT2D eigenvalue weighted by molar-refractivity contribution is -0.160. The quantitative estimate of drug-likeness (QED) is 0.0197. The van der Waals surface area contributed by atoms with Crippen molar-refractivity contribution in [3.05, 3.63) is 97.2 Å². The summed E-state index contributed by atoms with van der Waals surface area (Å²) >= 11 is 0. The van der Waals surface area contributed by atoms with E-state index in [2.05, 4.69) is 93.7 Å². The lowest BCUT2D eigenvalue weighted by Gasteiger charge is -2.21. The summed E-state index contributed by atoms with van der Waals surface area (Å²) in [7, 11) is -4.77. The first kappa shape index (κ1) is 64.4. The van der Waals surface area contributed by atoms with Gasteiger partial charge in [-0.2, -0.15) is 0 Å². The number of phosphoric ester groups is 1. The maximum Gasteiger partial charge on any atom is 0.472 e. The minimum absolute atomic E-state index is 0.0719. The molecule has 0 bridgehead atoms. The molecule has 388 valence electrons. The first-order valence-electron chi connectivity index (χ1n) is 26.1. The third kappa shape index (κ3) is 47.5. The largest absolute Gasteiger partial charge is 0.472 e. The van der Waals surface area contributed by atoms with Gasteiger partial charge in [-0.1, -0.05) is 182 Å². The van der Waals surface area contributed by atoms with Gasteiger partial charge in [-0.3, -0.25) is 23.4 Å². The Morgan fingerprint density at radius 3 is 1.37 bits per heavy atom. The molecule has 0 aromatic carbocycles. The second-order valence-electron chi connectivity index (χ2n) is 17.0. The van der Waals surface area contributed by atoms with Crippen LogP contribution in [0.3, 0.4) is 0 Å². The number of unbranched alkanes of at least 4 members (excludes halogenated alkanes) is 15. The molecular weight excluding hydrogens is 880 g/mol. The number of hydrogen-bond donors (Lipinski definition) is 2. The maximum atomic E-state index is 12.8. The predicted octanol–water partition coefficient (Wildman–Crippen LogP) is 14.9. The highest BCUT2D eigenvalue weighted by molar-refractivity contribution is 7.47. The third-order valence-electron chi connectivity index (χ3n) is 10.5. The lowest BCUT2D eigenvalue weighted by atomic mass is 10.1. The van der Waals surface area contributed by atoms with Gasteiger partial charge in [-0.05, 0) is 96.3 Å². The summed E-state index contributed by atoms with van der Waals surface area (Å²) in [6.45, 7) is 4.28. The van der Waals surface area contributed by atoms with Crippen molar-refractivity contribution in [3.63, 3.8) is 0 Å². The Bertz CT molecular complexity index is 1510. The predicted molar refractivity (Wildman–Crippen MR) is 279 cm³/mol. The first-order valence-corrected chi connectivity index (χ1v) is 27.6. The normalized spacial score (nSPS) is 14.2. The van der Waals surface area contributed by atoms with E-state index >= 15 is 0 Å². The number of ether oxygens (including phenoxy) is 3. The summed E-state index contributed by atoms with van der Waals surface area (Å²) in [5.74, 6) is -1.65. The molecule has 0 aliphatic rings. The zero-order chi connectivity index (χ0) is 49.9. The number of phosphoric acid groups is 1. The summed E-state index contributed by atoms with van der Waals surface area (Å²) in [5, 5.41) is 9.77. The van der Waals surface area contributed by atoms with E-state index in [1.807, 2.05) is 18.2 Å². The smallest absolute Gasteiger partial charge is 0.462 e. The van der Waals surface area contributed by atoms with Crippen LogP contribution < -0.4 is 0 Å². The minimum atomic E-state index is -4.77. The van der Waals surface area contributed by atoms with Gasteiger partial charge in [0.05, 0.1) is 26.2 Å². The second kappa shape index (κ2) is 49.8. The fourth-order valence-electron chi connectivity index (χ4n) is 6.52. The number of rotatable bonds is 47. The summed E-state index contributed by atoms with van der Waals surface area (Å²) < 4.78 is 39.2. The van der Waals surface area contributed by atoms with Gasteiger partial charge in [-0.25, -0.2) is 4.57 Å². The molecule has 0 spiro atoms. The van der Waals surface area contributed by atoms with Crippen LogP contribution in [0, 0.1) is 0 Å². The van der Waals surface area contributed by atoms with E-state index in [0.29, 0.717) is 19.3 Å². The van der Waals surface area contributed by atoms with Crippen molar-refractivity contribution in [3.8, 4) is 0 Å². The van der Waals surface area contributed by atoms with Crippen molar-refractivity contribution in [2.45, 2.75) is 213 Å². The Balaban J connectivity index is 4.89. The average molecular weight is 973 g/mol. The summed E-state index contributed by atoms with van der Waals surface area (Å²) in [4.78, 5) is 48.2. The first-order chi connectivity index (χ1) is 33.2. The topological polar surface area (TPSA) is 155 Å². The van der Waals surface area contributed by atoms with Gasteiger partial charge in [0.2, 0.25) is 0 Å². The Morgan fingerprint density at radius 2 is 0.853 bits per heavy atom. The van der Waals surface area contributed by atoms with Gasteiger partial charge in [0, 0.05) is 12.8 Å². The van der Waals surface area contributed by atoms with Crippen LogP contribution in [0.4, 0.5) is 0 Å². The van der Waals surface area contributed by atoms with E-state index in [1.165, 1.54) is 25.7 Å². The molecule has 12 heteroatoms. The molecule has 0 radical (unpaired) electrons. The van der Waals surface area contributed by atoms with Gasteiger partial charge in [-0.15, -0.1) is 0 Å². The molecule has 0 saturated carbocycles. The highest BCUT2D eigenvalue weighted by Crippen LogP contribution is 2.43. The maximum absolute atomic E-state index is 12.8. The molecule has 0 heterocycles. The number of carbonyl (C=O) groups is 3. The number of carbonyl (C=O) groups excluding carboxylic acids is 3. The molecule has 0 fully saturated rings. The number of allylic oxidation sites excluding steroid dienone is 15. The molecule has 0 amide bonds. The van der Waals surface area contributed by atoms with Gasteiger partial charge in [0.1, 0.15) is 12.7 Å². The van der Waals surface area contributed by atoms with E-state index < -0.39 is 57.8 Å². The Morgan fingerprint density at radius 1 is 0.441 bits per heavy atom. The molecule has 0 aromatic heterocycles. The zero-order valence-corrected chi connectivity index (χ0v) is 43.4. The van der Waals surface area contributed by atoms with Crippen molar-refractivity contribution >= 4 is 25.7 Å². The van der Waals surface area contributed by atoms with Crippen molar-refractivity contribution in [2.24, 2.45) is 0 Å². The molecule has 0 aliphatic heterocycles. The van der Waals surface area contributed by atoms with E-state index in [-0.39, 0.29) is 25.9 Å². The number of aliphatic hydroxyl groups is 1. The Hall–Kier alpha value is -3.60. The number of aliphatic hydroxyl groups excluding tert-OH is 1. The van der Waals surface area contributed by atoms with Crippen LogP contribution in [0.5, 0.6) is 0 Å². The average Bonchev–Trinajstić information content (AvgIpc) is 3.32. The van der Waals surface area contributed by atoms with Crippen molar-refractivity contribution in [1.29, 1.82) is 0 Å². The minimum Gasteiger partial charge on any atom is -0.462 e. The van der Waals surface area contributed by atoms with E-state index in [4.69, 9.17) is 23.3 Å². The van der Waals surface area contributed by atoms with Gasteiger partial charge in [0.25, 0.3) is 0 Å². The highest BCUT2D eigenvalue weighted by Gasteiger charge is 2.28. The van der Waals surface area contributed by atoms with Crippen molar-refractivity contribution in [1.82, 2.24) is 0 Å². The number of esters is 3. The molecular formula is C56H93O11P. The van der Waals surface area contributed by atoms with Crippen LogP contribution in [0.25, 0.3) is 0 Å². The third-order valence-corrected chi connectivity index (χ3v) is 11.4. The summed E-state index contributed by atoms with van der Waals surface area (Å²) in [6.07, 6.45) is 56.9. The zero-order valence-electron chi connectivity index (χ0n) is 42.5. The standard InChI is InChI=1S/C56H93O11P/c1-4-7-10-13-16-19-22-25-26-29-32-35-38-41-44-47-56(60)67-53(49-63-54(58)45-42-39-36-33-30-27-23-20-17-14-11-8-5-2)51-65-68(61,62)64-50-52(48-57)66-55(59)46-43-40-37-34-31-28-24-21-18-15-12-9-6-3/h7,10-11,14,16,19-21,23-26,32,35,41,44,52-53,57H,4-6,8-9,12-13,15,17-18,22,27-31,33-34,36-40,42-43,45-51H2,1-3H3,(H,61,62)/b10-7-,14-11-,19-16-,23-20-,24-21-,26-25-,35-32-,44-41-. The summed E-state index contributed by atoms with van der Waals surface area (Å²) in [5.41, 5.74) is 0. The molecule has 0 saturated heterocycles. The van der Waals surface area contributed by atoms with E-state index in [1.54, 1.807) is 6.08 Å². The Kier molecular flexibility index (Phi) is 47.2. The summed E-state index contributed by atoms with van der Waals surface area (Å²) in [6, 6.07) is 0. The van der Waals surface area contributed by atoms with Gasteiger partial charge >= 0.3 is 25.7 Å². The fourth-order valence-corrected chi connectivity index (χ4v) is 7.30. The molecule has 68 heavy (non-hydrogen) atoms. The Labute approximate surface area is 412 Å². The van der Waals surface area contributed by atoms with E-state index in [0.717, 1.165) is 116 Å². The van der Waals surface area contributed by atoms with Crippen LogP contribution >= 0.6 is 7.82 Å². The molecule has 2 N–H and O–H groups in total. The fraction of sp³-hybridized carbons (Fsp3) is 0.661. The molecule has 3 unspecified atom stereocenters. The molecule has 0 aliphatic carbocycles. The van der Waals surface area contributed by atoms with Crippen LogP contribution in [-0.4, -0.2) is 66.5 Å². The molecule has 3 atom stereocenters. The molecule has 0 aromatic rings. The van der Waals surface area contributed by atoms with Crippen molar-refractivity contribution < 1.29 is 52.2 Å².